The molecular formula is C43H38N4. The lowest BCUT2D eigenvalue weighted by atomic mass is 9.54. The minimum absolute atomic E-state index is 0.283. The molecule has 0 saturated heterocycles. The lowest BCUT2D eigenvalue weighted by molar-refractivity contribution is 0.0780. The maximum atomic E-state index is 9.52. The number of hydrogen-bond donors (Lipinski definition) is 0. The zero-order valence-corrected chi connectivity index (χ0v) is 27.0. The lowest BCUT2D eigenvalue weighted by Crippen LogP contribution is -2.42. The standard InChI is InChI=1S/C43H38N4/c1-28-21-31-22-29(2)25-43(24-28,26-31)35-17-15-33(16-18-35)41-45-40(32-10-4-3-5-11-32)46-42(47-41)39-20-19-36(37-13-6-7-14-38(37)39)34-12-8-9-30(23-34)27-44/h3-20,23,28-29,31H,21-22,24-26H2,1-2H3/t28-,29+,31-,43?. The molecule has 2 fully saturated rings. The summed E-state index contributed by atoms with van der Waals surface area (Å²) in [6, 6.07) is 42.0. The highest BCUT2D eigenvalue weighted by Crippen LogP contribution is 2.54. The van der Waals surface area contributed by atoms with Gasteiger partial charge in [0.05, 0.1) is 11.6 Å². The van der Waals surface area contributed by atoms with Crippen molar-refractivity contribution in [3.63, 3.8) is 0 Å². The third-order valence-corrected chi connectivity index (χ3v) is 10.5. The van der Waals surface area contributed by atoms with Crippen molar-refractivity contribution in [1.82, 2.24) is 15.0 Å². The van der Waals surface area contributed by atoms with Gasteiger partial charge in [0.2, 0.25) is 0 Å². The molecule has 4 heteroatoms. The molecule has 0 amide bonds. The van der Waals surface area contributed by atoms with Gasteiger partial charge in [-0.25, -0.2) is 15.0 Å². The SMILES string of the molecule is C[C@@H]1C[C@@H]2C[C@H](C)CC(c3ccc(-c4nc(-c5ccccc5)nc(-c5ccc(-c6cccc(C#N)c6)c6ccccc56)n4)cc3)(C1)C2. The van der Waals surface area contributed by atoms with E-state index >= 15 is 0 Å². The van der Waals surface area contributed by atoms with Crippen LogP contribution in [-0.4, -0.2) is 15.0 Å². The summed E-state index contributed by atoms with van der Waals surface area (Å²) in [5.74, 6) is 4.38. The minimum atomic E-state index is 0.283. The van der Waals surface area contributed by atoms with E-state index < -0.39 is 0 Å². The van der Waals surface area contributed by atoms with Crippen molar-refractivity contribution in [2.45, 2.75) is 51.4 Å². The number of nitrogens with zero attached hydrogens (tertiary/aromatic N) is 4. The molecule has 1 heterocycles. The van der Waals surface area contributed by atoms with Gasteiger partial charge in [-0.2, -0.15) is 5.26 Å². The van der Waals surface area contributed by atoms with Gasteiger partial charge in [-0.1, -0.05) is 111 Å². The van der Waals surface area contributed by atoms with Gasteiger partial charge in [-0.15, -0.1) is 0 Å². The molecule has 0 N–H and O–H groups in total. The molecule has 2 aliphatic carbocycles. The second-order valence-corrected chi connectivity index (χ2v) is 14.1. The molecule has 1 aromatic heterocycles. The Kier molecular flexibility index (Phi) is 7.41. The number of rotatable bonds is 5. The van der Waals surface area contributed by atoms with Crippen molar-refractivity contribution in [2.24, 2.45) is 17.8 Å². The molecule has 2 bridgehead atoms. The first-order valence-electron chi connectivity index (χ1n) is 16.9. The molecule has 8 rings (SSSR count). The molecule has 5 aromatic carbocycles. The summed E-state index contributed by atoms with van der Waals surface area (Å²) < 4.78 is 0. The van der Waals surface area contributed by atoms with Crippen LogP contribution in [0.25, 0.3) is 56.1 Å². The summed E-state index contributed by atoms with van der Waals surface area (Å²) in [7, 11) is 0. The molecule has 0 spiro atoms. The average molecular weight is 611 g/mol. The van der Waals surface area contributed by atoms with E-state index in [4.69, 9.17) is 15.0 Å². The largest absolute Gasteiger partial charge is 0.208 e. The highest BCUT2D eigenvalue weighted by atomic mass is 15.0. The molecule has 6 aromatic rings. The number of nitriles is 1. The molecule has 0 radical (unpaired) electrons. The van der Waals surface area contributed by atoms with E-state index in [0.29, 0.717) is 23.0 Å². The van der Waals surface area contributed by atoms with Gasteiger partial charge in [0, 0.05) is 16.7 Å². The fraction of sp³-hybridized carbons (Fsp3) is 0.256. The Balaban J connectivity index is 1.24. The Morgan fingerprint density at radius 2 is 1.15 bits per heavy atom. The van der Waals surface area contributed by atoms with Crippen LogP contribution in [0.4, 0.5) is 0 Å². The summed E-state index contributed by atoms with van der Waals surface area (Å²) in [5, 5.41) is 11.7. The van der Waals surface area contributed by atoms with Gasteiger partial charge in [0.25, 0.3) is 0 Å². The van der Waals surface area contributed by atoms with Crippen molar-refractivity contribution in [3.8, 4) is 51.4 Å². The highest BCUT2D eigenvalue weighted by molar-refractivity contribution is 6.04. The van der Waals surface area contributed by atoms with Crippen LogP contribution in [0.1, 0.15) is 57.1 Å². The van der Waals surface area contributed by atoms with Gasteiger partial charge >= 0.3 is 0 Å². The fourth-order valence-electron chi connectivity index (χ4n) is 8.87. The Hall–Kier alpha value is -5.14. The van der Waals surface area contributed by atoms with Crippen LogP contribution in [0.2, 0.25) is 0 Å². The molecule has 4 atom stereocenters. The minimum Gasteiger partial charge on any atom is -0.208 e. The number of fused-ring (bicyclic) bond motifs is 3. The Morgan fingerprint density at radius 3 is 1.83 bits per heavy atom. The van der Waals surface area contributed by atoms with Gasteiger partial charge in [0.15, 0.2) is 17.5 Å². The van der Waals surface area contributed by atoms with Crippen molar-refractivity contribution < 1.29 is 0 Å². The van der Waals surface area contributed by atoms with Crippen LogP contribution >= 0.6 is 0 Å². The Morgan fingerprint density at radius 1 is 0.574 bits per heavy atom. The third-order valence-electron chi connectivity index (χ3n) is 10.5. The molecule has 1 unspecified atom stereocenters. The highest BCUT2D eigenvalue weighted by Gasteiger charge is 2.45. The molecule has 47 heavy (non-hydrogen) atoms. The zero-order valence-electron chi connectivity index (χ0n) is 27.0. The monoisotopic (exact) mass is 610 g/mol. The molecule has 0 aliphatic heterocycles. The van der Waals surface area contributed by atoms with E-state index in [0.717, 1.165) is 56.3 Å². The van der Waals surface area contributed by atoms with Gasteiger partial charge in [-0.3, -0.25) is 0 Å². The first kappa shape index (κ1) is 29.3. The first-order valence-corrected chi connectivity index (χ1v) is 16.9. The molecule has 4 nitrogen and oxygen atoms in total. The van der Waals surface area contributed by atoms with Gasteiger partial charge in [-0.05, 0) is 101 Å². The van der Waals surface area contributed by atoms with Crippen molar-refractivity contribution in [1.29, 1.82) is 5.26 Å². The Labute approximate surface area is 277 Å². The second kappa shape index (κ2) is 11.9. The van der Waals surface area contributed by atoms with E-state index in [2.05, 4.69) is 98.8 Å². The fourth-order valence-corrected chi connectivity index (χ4v) is 8.87. The van der Waals surface area contributed by atoms with E-state index in [9.17, 15) is 5.26 Å². The average Bonchev–Trinajstić information content (AvgIpc) is 3.11. The molecular weight excluding hydrogens is 573 g/mol. The second-order valence-electron chi connectivity index (χ2n) is 14.1. The summed E-state index contributed by atoms with van der Waals surface area (Å²) in [5.41, 5.74) is 7.41. The summed E-state index contributed by atoms with van der Waals surface area (Å²) >= 11 is 0. The summed E-state index contributed by atoms with van der Waals surface area (Å²) in [4.78, 5) is 15.2. The van der Waals surface area contributed by atoms with Crippen LogP contribution in [0.15, 0.2) is 115 Å². The van der Waals surface area contributed by atoms with Crippen molar-refractivity contribution in [2.75, 3.05) is 0 Å². The van der Waals surface area contributed by atoms with Crippen molar-refractivity contribution >= 4 is 10.8 Å². The topological polar surface area (TPSA) is 62.5 Å². The number of aromatic nitrogens is 3. The predicted octanol–water partition coefficient (Wildman–Crippen LogP) is 10.7. The lowest BCUT2D eigenvalue weighted by Gasteiger charge is -2.50. The van der Waals surface area contributed by atoms with Crippen LogP contribution in [0, 0.1) is 29.1 Å². The maximum Gasteiger partial charge on any atom is 0.164 e. The summed E-state index contributed by atoms with van der Waals surface area (Å²) in [6.45, 7) is 4.89. The number of hydrogen-bond acceptors (Lipinski definition) is 4. The van der Waals surface area contributed by atoms with E-state index in [-0.39, 0.29) is 5.41 Å². The molecule has 230 valence electrons. The zero-order chi connectivity index (χ0) is 32.0. The number of benzene rings is 5. The van der Waals surface area contributed by atoms with Crippen molar-refractivity contribution in [3.05, 3.63) is 126 Å². The maximum absolute atomic E-state index is 9.52. The van der Waals surface area contributed by atoms with Crippen LogP contribution in [0.3, 0.4) is 0 Å². The third kappa shape index (κ3) is 5.51. The van der Waals surface area contributed by atoms with E-state index in [1.807, 2.05) is 36.4 Å². The normalized spacial score (nSPS) is 22.1. The van der Waals surface area contributed by atoms with Gasteiger partial charge < -0.3 is 0 Å². The Bertz CT molecular complexity index is 2110. The summed E-state index contributed by atoms with van der Waals surface area (Å²) in [6.07, 6.45) is 6.64. The smallest absolute Gasteiger partial charge is 0.164 e. The van der Waals surface area contributed by atoms with Crippen LogP contribution in [0.5, 0.6) is 0 Å². The molecule has 2 saturated carbocycles. The van der Waals surface area contributed by atoms with Gasteiger partial charge in [0.1, 0.15) is 0 Å². The van der Waals surface area contributed by atoms with Crippen LogP contribution < -0.4 is 0 Å². The van der Waals surface area contributed by atoms with E-state index in [1.165, 1.54) is 37.7 Å². The van der Waals surface area contributed by atoms with Crippen LogP contribution in [-0.2, 0) is 5.41 Å². The van der Waals surface area contributed by atoms with E-state index in [1.54, 1.807) is 0 Å². The quantitative estimate of drug-likeness (QED) is 0.195. The predicted molar refractivity (Wildman–Crippen MR) is 190 cm³/mol. The first-order chi connectivity index (χ1) is 23.0. The molecule has 2 aliphatic rings.